The maximum atomic E-state index is 12.1. The molecule has 0 unspecified atom stereocenters. The second-order valence-corrected chi connectivity index (χ2v) is 5.42. The number of nitrogens with one attached hydrogen (secondary N) is 2. The van der Waals surface area contributed by atoms with E-state index in [2.05, 4.69) is 10.6 Å². The molecule has 2 rings (SSSR count). The van der Waals surface area contributed by atoms with E-state index in [4.69, 9.17) is 0 Å². The van der Waals surface area contributed by atoms with Gasteiger partial charge in [0.15, 0.2) is 0 Å². The first-order valence-corrected chi connectivity index (χ1v) is 7.30. The van der Waals surface area contributed by atoms with Crippen molar-refractivity contribution >= 4 is 17.6 Å². The van der Waals surface area contributed by atoms with Crippen LogP contribution in [0.4, 0.5) is 23.7 Å². The van der Waals surface area contributed by atoms with Crippen LogP contribution in [0, 0.1) is 0 Å². The number of para-hydroxylation sites is 1. The van der Waals surface area contributed by atoms with E-state index in [0.717, 1.165) is 0 Å². The maximum Gasteiger partial charge on any atom is 0.397 e. The standard InChI is InChI=1S/C15H18F3N3O2/c16-15(17,18)10-13(22)19-12-6-8-21(9-7-12)14(23)20-11-4-2-1-3-5-11/h1-5,12H,6-10H2,(H,19,22)(H,20,23). The molecule has 0 radical (unpaired) electrons. The predicted octanol–water partition coefficient (Wildman–Crippen LogP) is 2.75. The lowest BCUT2D eigenvalue weighted by atomic mass is 10.1. The zero-order valence-corrected chi connectivity index (χ0v) is 12.4. The van der Waals surface area contributed by atoms with Crippen molar-refractivity contribution in [3.05, 3.63) is 30.3 Å². The third kappa shape index (κ3) is 5.80. The number of benzene rings is 1. The molecule has 0 spiro atoms. The third-order valence-electron chi connectivity index (χ3n) is 3.53. The van der Waals surface area contributed by atoms with Crippen LogP contribution >= 0.6 is 0 Å². The van der Waals surface area contributed by atoms with Gasteiger partial charge < -0.3 is 15.5 Å². The molecule has 5 nitrogen and oxygen atoms in total. The molecule has 0 atom stereocenters. The van der Waals surface area contributed by atoms with Gasteiger partial charge in [-0.15, -0.1) is 0 Å². The zero-order valence-electron chi connectivity index (χ0n) is 12.4. The van der Waals surface area contributed by atoms with Gasteiger partial charge in [0, 0.05) is 24.8 Å². The highest BCUT2D eigenvalue weighted by molar-refractivity contribution is 5.89. The van der Waals surface area contributed by atoms with Crippen LogP contribution in [0.2, 0.25) is 0 Å². The summed E-state index contributed by atoms with van der Waals surface area (Å²) in [7, 11) is 0. The normalized spacial score (nSPS) is 16.0. The molecule has 23 heavy (non-hydrogen) atoms. The summed E-state index contributed by atoms with van der Waals surface area (Å²) in [6.07, 6.45) is -5.10. The van der Waals surface area contributed by atoms with Crippen LogP contribution in [0.3, 0.4) is 0 Å². The predicted molar refractivity (Wildman–Crippen MR) is 78.9 cm³/mol. The smallest absolute Gasteiger partial charge is 0.353 e. The molecule has 1 aromatic carbocycles. The lowest BCUT2D eigenvalue weighted by Crippen LogP contribution is -2.48. The van der Waals surface area contributed by atoms with Gasteiger partial charge in [0.25, 0.3) is 0 Å². The van der Waals surface area contributed by atoms with Gasteiger partial charge in [0.2, 0.25) is 5.91 Å². The number of anilines is 1. The molecular formula is C15H18F3N3O2. The fourth-order valence-electron chi connectivity index (χ4n) is 2.41. The fourth-order valence-corrected chi connectivity index (χ4v) is 2.41. The fraction of sp³-hybridized carbons (Fsp3) is 0.467. The van der Waals surface area contributed by atoms with Crippen LogP contribution < -0.4 is 10.6 Å². The number of nitrogens with zero attached hydrogens (tertiary/aromatic N) is 1. The van der Waals surface area contributed by atoms with E-state index in [1.807, 2.05) is 6.07 Å². The number of hydrogen-bond donors (Lipinski definition) is 2. The van der Waals surface area contributed by atoms with Crippen LogP contribution in [0.15, 0.2) is 30.3 Å². The highest BCUT2D eigenvalue weighted by Crippen LogP contribution is 2.20. The summed E-state index contributed by atoms with van der Waals surface area (Å²) in [6.45, 7) is 0.769. The number of carbonyl (C=O) groups is 2. The van der Waals surface area contributed by atoms with E-state index in [0.29, 0.717) is 31.6 Å². The zero-order chi connectivity index (χ0) is 16.9. The van der Waals surface area contributed by atoms with Gasteiger partial charge in [0.1, 0.15) is 6.42 Å². The Kier molecular flexibility index (Phi) is 5.46. The SMILES string of the molecule is O=C(CC(F)(F)F)NC1CCN(C(=O)Nc2ccccc2)CC1. The summed E-state index contributed by atoms with van der Waals surface area (Å²) >= 11 is 0. The summed E-state index contributed by atoms with van der Waals surface area (Å²) in [5.74, 6) is -1.02. The summed E-state index contributed by atoms with van der Waals surface area (Å²) < 4.78 is 36.3. The summed E-state index contributed by atoms with van der Waals surface area (Å²) in [4.78, 5) is 24.9. The monoisotopic (exact) mass is 329 g/mol. The Hall–Kier alpha value is -2.25. The van der Waals surface area contributed by atoms with Gasteiger partial charge in [-0.1, -0.05) is 18.2 Å². The number of carbonyl (C=O) groups excluding carboxylic acids is 2. The van der Waals surface area contributed by atoms with Crippen molar-refractivity contribution in [1.29, 1.82) is 0 Å². The minimum absolute atomic E-state index is 0.253. The lowest BCUT2D eigenvalue weighted by molar-refractivity contribution is -0.154. The van der Waals surface area contributed by atoms with Crippen molar-refractivity contribution in [2.45, 2.75) is 31.5 Å². The Morgan fingerprint density at radius 1 is 1.13 bits per heavy atom. The molecule has 8 heteroatoms. The van der Waals surface area contributed by atoms with Crippen molar-refractivity contribution < 1.29 is 22.8 Å². The Morgan fingerprint density at radius 3 is 2.30 bits per heavy atom. The number of hydrogen-bond acceptors (Lipinski definition) is 2. The topological polar surface area (TPSA) is 61.4 Å². The average Bonchev–Trinajstić information content (AvgIpc) is 2.47. The quantitative estimate of drug-likeness (QED) is 0.896. The van der Waals surface area contributed by atoms with Crippen molar-refractivity contribution in [3.8, 4) is 0 Å². The van der Waals surface area contributed by atoms with Crippen molar-refractivity contribution in [3.63, 3.8) is 0 Å². The van der Waals surface area contributed by atoms with E-state index in [-0.39, 0.29) is 12.1 Å². The van der Waals surface area contributed by atoms with Crippen molar-refractivity contribution in [2.75, 3.05) is 18.4 Å². The van der Waals surface area contributed by atoms with E-state index < -0.39 is 18.5 Å². The molecule has 0 aromatic heterocycles. The molecule has 1 fully saturated rings. The van der Waals surface area contributed by atoms with Crippen LogP contribution in [-0.4, -0.2) is 42.1 Å². The summed E-state index contributed by atoms with van der Waals surface area (Å²) in [6, 6.07) is 8.40. The first-order chi connectivity index (χ1) is 10.8. The number of rotatable bonds is 3. The molecule has 1 aromatic rings. The van der Waals surface area contributed by atoms with Crippen LogP contribution in [0.5, 0.6) is 0 Å². The van der Waals surface area contributed by atoms with E-state index >= 15 is 0 Å². The largest absolute Gasteiger partial charge is 0.397 e. The number of piperidine rings is 1. The number of halogens is 3. The molecule has 126 valence electrons. The lowest BCUT2D eigenvalue weighted by Gasteiger charge is -2.32. The molecule has 1 aliphatic rings. The number of alkyl halides is 3. The molecule has 2 N–H and O–H groups in total. The van der Waals surface area contributed by atoms with Gasteiger partial charge in [-0.3, -0.25) is 4.79 Å². The van der Waals surface area contributed by atoms with Crippen LogP contribution in [-0.2, 0) is 4.79 Å². The Balaban J connectivity index is 1.75. The van der Waals surface area contributed by atoms with Crippen LogP contribution in [0.25, 0.3) is 0 Å². The maximum absolute atomic E-state index is 12.1. The van der Waals surface area contributed by atoms with Gasteiger partial charge in [-0.25, -0.2) is 4.79 Å². The van der Waals surface area contributed by atoms with Gasteiger partial charge in [-0.2, -0.15) is 13.2 Å². The van der Waals surface area contributed by atoms with Gasteiger partial charge in [-0.05, 0) is 25.0 Å². The number of likely N-dealkylation sites (tertiary alicyclic amines) is 1. The number of urea groups is 1. The first kappa shape index (κ1) is 17.1. The Labute approximate surface area is 131 Å². The molecule has 1 heterocycles. The molecular weight excluding hydrogens is 311 g/mol. The summed E-state index contributed by atoms with van der Waals surface area (Å²) in [5.41, 5.74) is 0.679. The van der Waals surface area contributed by atoms with Gasteiger partial charge >= 0.3 is 12.2 Å². The van der Waals surface area contributed by atoms with Gasteiger partial charge in [0.05, 0.1) is 0 Å². The second kappa shape index (κ2) is 7.34. The minimum atomic E-state index is -4.50. The Bertz CT molecular complexity index is 541. The first-order valence-electron chi connectivity index (χ1n) is 7.30. The van der Waals surface area contributed by atoms with E-state index in [1.165, 1.54) is 0 Å². The molecule has 0 saturated carbocycles. The minimum Gasteiger partial charge on any atom is -0.353 e. The second-order valence-electron chi connectivity index (χ2n) is 5.42. The molecule has 1 aliphatic heterocycles. The average molecular weight is 329 g/mol. The van der Waals surface area contributed by atoms with Crippen LogP contribution in [0.1, 0.15) is 19.3 Å². The summed E-state index contributed by atoms with van der Waals surface area (Å²) in [5, 5.41) is 5.12. The Morgan fingerprint density at radius 2 is 1.74 bits per heavy atom. The molecule has 1 saturated heterocycles. The number of amides is 3. The molecule has 3 amide bonds. The van der Waals surface area contributed by atoms with Crippen molar-refractivity contribution in [2.24, 2.45) is 0 Å². The highest BCUT2D eigenvalue weighted by Gasteiger charge is 2.32. The van der Waals surface area contributed by atoms with Crippen molar-refractivity contribution in [1.82, 2.24) is 10.2 Å². The van der Waals surface area contributed by atoms with E-state index in [1.54, 1.807) is 29.2 Å². The molecule has 0 aliphatic carbocycles. The third-order valence-corrected chi connectivity index (χ3v) is 3.53. The van der Waals surface area contributed by atoms with E-state index in [9.17, 15) is 22.8 Å². The highest BCUT2D eigenvalue weighted by atomic mass is 19.4. The molecule has 0 bridgehead atoms.